The molecule has 57 heavy (non-hydrogen) atoms. The monoisotopic (exact) mass is 830 g/mol. The van der Waals surface area contributed by atoms with E-state index in [1.807, 2.05) is 69.2 Å². The molecule has 314 valence electrons. The molecule has 4 aromatic rings. The Hall–Kier alpha value is -4.66. The lowest BCUT2D eigenvalue weighted by atomic mass is 10.2. The standard InChI is InChI=1S/C43H58O12S2/c1-11-46-31-24-35(49-14-4)41(36(25-31)50-15-5)56(55-57(44,45)34-22-20-30(10)21-23-34,42-37(51-16-6)26-32(47-12-2)27-38(42)52-17-7)43-39(53-18-8)28-33(48-13-3)29-40(43)54-19-9/h20-29H,11-19H2,1-10H3. The van der Waals surface area contributed by atoms with Crippen molar-refractivity contribution in [3.05, 3.63) is 66.2 Å². The summed E-state index contributed by atoms with van der Waals surface area (Å²) in [5.41, 5.74) is 0.865. The lowest BCUT2D eigenvalue weighted by Gasteiger charge is -2.43. The van der Waals surface area contributed by atoms with Gasteiger partial charge in [-0.2, -0.15) is 8.42 Å². The minimum absolute atomic E-state index is 0.0875. The van der Waals surface area contributed by atoms with E-state index >= 15 is 8.42 Å². The number of hydrogen-bond acceptors (Lipinski definition) is 12. The van der Waals surface area contributed by atoms with Crippen LogP contribution in [-0.2, 0) is 13.7 Å². The van der Waals surface area contributed by atoms with Crippen molar-refractivity contribution in [3.63, 3.8) is 0 Å². The molecule has 0 spiro atoms. The fraction of sp³-hybridized carbons (Fsp3) is 0.442. The molecule has 12 nitrogen and oxygen atoms in total. The van der Waals surface area contributed by atoms with E-state index in [0.717, 1.165) is 5.56 Å². The van der Waals surface area contributed by atoms with Gasteiger partial charge in [0.25, 0.3) is 0 Å². The van der Waals surface area contributed by atoms with Crippen molar-refractivity contribution >= 4 is 20.4 Å². The van der Waals surface area contributed by atoms with Crippen molar-refractivity contribution in [1.29, 1.82) is 0 Å². The molecule has 0 saturated heterocycles. The lowest BCUT2D eigenvalue weighted by Crippen LogP contribution is -2.20. The highest BCUT2D eigenvalue weighted by Gasteiger charge is 2.51. The Morgan fingerprint density at radius 3 is 0.860 bits per heavy atom. The third-order valence-electron chi connectivity index (χ3n) is 8.08. The van der Waals surface area contributed by atoms with Crippen LogP contribution in [0.1, 0.15) is 67.9 Å². The molecule has 0 aliphatic carbocycles. The van der Waals surface area contributed by atoms with Gasteiger partial charge in [0.15, 0.2) is 0 Å². The second kappa shape index (κ2) is 21.2. The van der Waals surface area contributed by atoms with Crippen LogP contribution in [0.4, 0.5) is 0 Å². The van der Waals surface area contributed by atoms with E-state index in [-0.39, 0.29) is 93.7 Å². The Kier molecular flexibility index (Phi) is 16.8. The summed E-state index contributed by atoms with van der Waals surface area (Å²) in [6, 6.07) is 16.7. The van der Waals surface area contributed by atoms with Gasteiger partial charge in [-0.05, 0) is 91.7 Å². The molecule has 0 heterocycles. The van der Waals surface area contributed by atoms with Crippen molar-refractivity contribution in [2.45, 2.75) is 88.8 Å². The molecule has 4 aromatic carbocycles. The predicted octanol–water partition coefficient (Wildman–Crippen LogP) is 10.2. The molecule has 0 amide bonds. The molecule has 0 unspecified atom stereocenters. The summed E-state index contributed by atoms with van der Waals surface area (Å²) < 4.78 is 94.7. The van der Waals surface area contributed by atoms with Gasteiger partial charge in [0.1, 0.15) is 66.4 Å². The zero-order valence-electron chi connectivity index (χ0n) is 34.9. The van der Waals surface area contributed by atoms with E-state index in [9.17, 15) is 0 Å². The Bertz CT molecular complexity index is 1770. The highest BCUT2D eigenvalue weighted by atomic mass is 32.3. The third kappa shape index (κ3) is 10.3. The smallest absolute Gasteiger partial charge is 0.307 e. The minimum atomic E-state index is -4.72. The Morgan fingerprint density at radius 1 is 0.386 bits per heavy atom. The second-order valence-corrected chi connectivity index (χ2v) is 16.3. The number of benzene rings is 4. The molecule has 0 atom stereocenters. The summed E-state index contributed by atoms with van der Waals surface area (Å²) in [6.07, 6.45) is 0. The summed E-state index contributed by atoms with van der Waals surface area (Å²) in [4.78, 5) is 0.628. The molecule has 0 radical (unpaired) electrons. The van der Waals surface area contributed by atoms with Gasteiger partial charge in [0.2, 0.25) is 0 Å². The molecule has 0 saturated carbocycles. The van der Waals surface area contributed by atoms with Crippen molar-refractivity contribution in [1.82, 2.24) is 0 Å². The molecule has 0 N–H and O–H groups in total. The second-order valence-electron chi connectivity index (χ2n) is 12.0. The zero-order chi connectivity index (χ0) is 41.6. The first-order chi connectivity index (χ1) is 27.5. The molecule has 0 aliphatic heterocycles. The summed E-state index contributed by atoms with van der Waals surface area (Å²) in [5.74, 6) is 2.72. The number of aryl methyl sites for hydroxylation is 1. The van der Waals surface area contributed by atoms with Crippen LogP contribution in [0.2, 0.25) is 0 Å². The molecular formula is C43H58O12S2. The highest BCUT2D eigenvalue weighted by molar-refractivity contribution is 8.33. The molecule has 0 aliphatic rings. The Balaban J connectivity index is 2.52. The SMILES string of the molecule is CCOc1cc(OCC)c(S(OS(=O)(=O)c2ccc(C)cc2)(c2c(OCC)cc(OCC)cc2OCC)c2c(OCC)cc(OCC)cc2OCC)c(OCC)c1. The maximum absolute atomic E-state index is 15.3. The van der Waals surface area contributed by atoms with Gasteiger partial charge in [-0.25, -0.2) is 3.63 Å². The molecule has 0 fully saturated rings. The van der Waals surface area contributed by atoms with Crippen LogP contribution in [0.25, 0.3) is 0 Å². The maximum atomic E-state index is 15.3. The Morgan fingerprint density at radius 2 is 0.632 bits per heavy atom. The average Bonchev–Trinajstić information content (AvgIpc) is 3.16. The molecule has 4 rings (SSSR count). The minimum Gasteiger partial charge on any atom is -0.494 e. The van der Waals surface area contributed by atoms with Crippen LogP contribution in [0.5, 0.6) is 51.7 Å². The van der Waals surface area contributed by atoms with Crippen LogP contribution < -0.4 is 42.6 Å². The van der Waals surface area contributed by atoms with Crippen molar-refractivity contribution < 1.29 is 54.7 Å². The van der Waals surface area contributed by atoms with E-state index in [4.69, 9.17) is 46.3 Å². The van der Waals surface area contributed by atoms with E-state index in [1.54, 1.807) is 48.5 Å². The first-order valence-electron chi connectivity index (χ1n) is 19.6. The van der Waals surface area contributed by atoms with Crippen molar-refractivity contribution in [2.75, 3.05) is 59.5 Å². The summed E-state index contributed by atoms with van der Waals surface area (Å²) in [7, 11) is -8.59. The Labute approximate surface area is 340 Å². The van der Waals surface area contributed by atoms with Gasteiger partial charge in [-0.15, -0.1) is 0 Å². The molecular weight excluding hydrogens is 773 g/mol. The first kappa shape index (κ1) is 45.0. The van der Waals surface area contributed by atoms with Crippen LogP contribution in [0.15, 0.2) is 80.2 Å². The first-order valence-corrected chi connectivity index (χ1v) is 22.5. The van der Waals surface area contributed by atoms with Gasteiger partial charge < -0.3 is 42.6 Å². The summed E-state index contributed by atoms with van der Waals surface area (Å²) in [5, 5.41) is 0. The zero-order valence-corrected chi connectivity index (χ0v) is 36.5. The van der Waals surface area contributed by atoms with Gasteiger partial charge in [0.05, 0.1) is 64.4 Å². The normalized spacial score (nSPS) is 11.8. The lowest BCUT2D eigenvalue weighted by molar-refractivity contribution is 0.287. The van der Waals surface area contributed by atoms with Crippen molar-refractivity contribution in [2.24, 2.45) is 0 Å². The van der Waals surface area contributed by atoms with Crippen molar-refractivity contribution in [3.8, 4) is 51.7 Å². The van der Waals surface area contributed by atoms with Crippen LogP contribution in [0, 0.1) is 6.92 Å². The third-order valence-corrected chi connectivity index (χ3v) is 13.4. The molecule has 0 aromatic heterocycles. The number of hydrogen-bond donors (Lipinski definition) is 0. The van der Waals surface area contributed by atoms with E-state index in [0.29, 0.717) is 37.1 Å². The van der Waals surface area contributed by atoms with Gasteiger partial charge in [0, 0.05) is 36.4 Å². The van der Waals surface area contributed by atoms with E-state index in [1.165, 1.54) is 12.1 Å². The molecule has 14 heteroatoms. The summed E-state index contributed by atoms with van der Waals surface area (Å²) in [6.45, 7) is 20.6. The van der Waals surface area contributed by atoms with Gasteiger partial charge >= 0.3 is 10.1 Å². The van der Waals surface area contributed by atoms with Crippen LogP contribution >= 0.6 is 10.3 Å². The quantitative estimate of drug-likeness (QED) is 0.0667. The maximum Gasteiger partial charge on any atom is 0.307 e. The van der Waals surface area contributed by atoms with Crippen LogP contribution in [-0.4, -0.2) is 67.9 Å². The fourth-order valence-electron chi connectivity index (χ4n) is 6.12. The van der Waals surface area contributed by atoms with Gasteiger partial charge in [-0.1, -0.05) is 17.7 Å². The molecule has 0 bridgehead atoms. The number of rotatable bonds is 24. The van der Waals surface area contributed by atoms with E-state index in [2.05, 4.69) is 0 Å². The predicted molar refractivity (Wildman–Crippen MR) is 222 cm³/mol. The number of ether oxygens (including phenoxy) is 9. The van der Waals surface area contributed by atoms with Crippen LogP contribution in [0.3, 0.4) is 0 Å². The largest absolute Gasteiger partial charge is 0.494 e. The average molecular weight is 831 g/mol. The van der Waals surface area contributed by atoms with E-state index < -0.39 is 20.4 Å². The van der Waals surface area contributed by atoms with Gasteiger partial charge in [-0.3, -0.25) is 0 Å². The fourth-order valence-corrected chi connectivity index (χ4v) is 11.8. The topological polar surface area (TPSA) is 126 Å². The summed E-state index contributed by atoms with van der Waals surface area (Å²) >= 11 is 0. The highest BCUT2D eigenvalue weighted by Crippen LogP contribution is 2.81.